The van der Waals surface area contributed by atoms with Crippen LogP contribution >= 0.6 is 46.4 Å². The molecule has 0 radical (unpaired) electrons. The van der Waals surface area contributed by atoms with Crippen LogP contribution in [-0.4, -0.2) is 15.8 Å². The Hall–Kier alpha value is 1.04. The third-order valence-electron chi connectivity index (χ3n) is 0.669. The molecule has 0 aromatic rings. The molecule has 0 N–H and O–H groups in total. The zero-order chi connectivity index (χ0) is 7.83. The highest BCUT2D eigenvalue weighted by atomic mass is 35.5. The van der Waals surface area contributed by atoms with Crippen LogP contribution in [0.3, 0.4) is 0 Å². The maximum absolute atomic E-state index is 5.38. The summed E-state index contributed by atoms with van der Waals surface area (Å²) >= 11 is 21.3. The van der Waals surface area contributed by atoms with E-state index in [-0.39, 0.29) is 6.61 Å². The predicted octanol–water partition coefficient (Wildman–Crippen LogP) is 2.19. The lowest BCUT2D eigenvalue weighted by atomic mass is 10.7. The van der Waals surface area contributed by atoms with Crippen molar-refractivity contribution in [2.24, 2.45) is 0 Å². The second kappa shape index (κ2) is 2.83. The van der Waals surface area contributed by atoms with Gasteiger partial charge in [0.15, 0.2) is 0 Å². The van der Waals surface area contributed by atoms with Crippen LogP contribution in [0.5, 0.6) is 0 Å². The van der Waals surface area contributed by atoms with E-state index in [1.807, 2.05) is 0 Å². The fraction of sp³-hybridized carbons (Fsp3) is 1.00. The van der Waals surface area contributed by atoms with Gasteiger partial charge in [-0.25, -0.2) is 0 Å². The van der Waals surface area contributed by atoms with Gasteiger partial charge in [-0.2, -0.15) is 9.78 Å². The van der Waals surface area contributed by atoms with Gasteiger partial charge in [0.25, 0.3) is 4.52 Å². The Balaban J connectivity index is 2.46. The summed E-state index contributed by atoms with van der Waals surface area (Å²) in [7, 11) is 0. The van der Waals surface area contributed by atoms with Crippen molar-refractivity contribution in [3.63, 3.8) is 0 Å². The van der Waals surface area contributed by atoms with Crippen molar-refractivity contribution in [2.75, 3.05) is 6.61 Å². The molecular formula is C3H2Cl4O3. The van der Waals surface area contributed by atoms with Crippen LogP contribution < -0.4 is 0 Å². The zero-order valence-electron chi connectivity index (χ0n) is 4.44. The minimum atomic E-state index is -1.81. The van der Waals surface area contributed by atoms with Gasteiger partial charge < -0.3 is 4.74 Å². The number of hydrogen-bond donors (Lipinski definition) is 0. The smallest absolute Gasteiger partial charge is 0.317 e. The summed E-state index contributed by atoms with van der Waals surface area (Å²) in [6, 6.07) is 0. The Morgan fingerprint density at radius 3 is 1.90 bits per heavy atom. The van der Waals surface area contributed by atoms with Crippen LogP contribution in [0.2, 0.25) is 0 Å². The van der Waals surface area contributed by atoms with Crippen molar-refractivity contribution in [3.8, 4) is 0 Å². The minimum absolute atomic E-state index is 0.164. The first-order valence-electron chi connectivity index (χ1n) is 2.18. The molecule has 0 saturated carbocycles. The second-order valence-corrected chi connectivity index (χ2v) is 4.16. The van der Waals surface area contributed by atoms with Gasteiger partial charge in [0.1, 0.15) is 6.61 Å². The molecule has 0 unspecified atom stereocenters. The van der Waals surface area contributed by atoms with Crippen LogP contribution in [0.15, 0.2) is 0 Å². The monoisotopic (exact) mass is 226 g/mol. The van der Waals surface area contributed by atoms with E-state index in [1.165, 1.54) is 0 Å². The summed E-state index contributed by atoms with van der Waals surface area (Å²) in [5, 5.41) is 0. The minimum Gasteiger partial charge on any atom is -0.317 e. The Morgan fingerprint density at radius 2 is 1.60 bits per heavy atom. The number of rotatable bonds is 0. The predicted molar refractivity (Wildman–Crippen MR) is 37.0 cm³/mol. The normalized spacial score (nSPS) is 30.0. The first-order valence-corrected chi connectivity index (χ1v) is 3.69. The van der Waals surface area contributed by atoms with Crippen LogP contribution in [0.25, 0.3) is 0 Å². The Kier molecular flexibility index (Phi) is 2.58. The molecule has 60 valence electrons. The standard InChI is InChI=1S/C3H2Cl4O3/c4-2(5)1-8-3(6,7)10-9-2/h1H2. The summed E-state index contributed by atoms with van der Waals surface area (Å²) < 4.78 is 1.25. The number of hydrogen-bond acceptors (Lipinski definition) is 3. The van der Waals surface area contributed by atoms with Crippen LogP contribution in [0.1, 0.15) is 0 Å². The number of ether oxygens (including phenoxy) is 1. The molecule has 7 heteroatoms. The maximum atomic E-state index is 5.38. The van der Waals surface area contributed by atoms with Crippen molar-refractivity contribution in [3.05, 3.63) is 0 Å². The lowest BCUT2D eigenvalue weighted by Gasteiger charge is -2.30. The van der Waals surface area contributed by atoms with Crippen LogP contribution in [0.4, 0.5) is 0 Å². The summed E-state index contributed by atoms with van der Waals surface area (Å²) in [5.41, 5.74) is 0. The third-order valence-corrected chi connectivity index (χ3v) is 1.36. The summed E-state index contributed by atoms with van der Waals surface area (Å²) in [4.78, 5) is 8.55. The molecule has 1 aliphatic heterocycles. The molecule has 0 spiro atoms. The molecule has 1 saturated heterocycles. The van der Waals surface area contributed by atoms with Gasteiger partial charge in [-0.15, -0.1) is 0 Å². The molecule has 1 aliphatic rings. The molecule has 1 rings (SSSR count). The number of halogens is 4. The Bertz CT molecular complexity index is 108. The highest BCUT2D eigenvalue weighted by molar-refractivity contribution is 6.48. The Morgan fingerprint density at radius 1 is 1.00 bits per heavy atom. The number of alkyl halides is 4. The van der Waals surface area contributed by atoms with E-state index in [0.29, 0.717) is 0 Å². The van der Waals surface area contributed by atoms with E-state index >= 15 is 0 Å². The topological polar surface area (TPSA) is 27.7 Å². The average Bonchev–Trinajstić information content (AvgIpc) is 1.79. The Labute approximate surface area is 76.9 Å². The van der Waals surface area contributed by atoms with Crippen molar-refractivity contribution < 1.29 is 14.5 Å². The van der Waals surface area contributed by atoms with Crippen molar-refractivity contribution in [2.45, 2.75) is 9.22 Å². The fourth-order valence-electron chi connectivity index (χ4n) is 0.326. The molecule has 1 fully saturated rings. The maximum Gasteiger partial charge on any atom is 0.359 e. The lowest BCUT2D eigenvalue weighted by molar-refractivity contribution is -0.429. The first-order chi connectivity index (χ1) is 4.41. The largest absolute Gasteiger partial charge is 0.359 e. The van der Waals surface area contributed by atoms with Gasteiger partial charge in [-0.05, 0) is 23.2 Å². The fourth-order valence-corrected chi connectivity index (χ4v) is 0.670. The molecule has 3 nitrogen and oxygen atoms in total. The van der Waals surface area contributed by atoms with Gasteiger partial charge in [0.05, 0.1) is 0 Å². The molecule has 0 aromatic heterocycles. The zero-order valence-corrected chi connectivity index (χ0v) is 7.47. The van der Waals surface area contributed by atoms with Gasteiger partial charge >= 0.3 is 4.71 Å². The van der Waals surface area contributed by atoms with E-state index in [2.05, 4.69) is 14.5 Å². The molecule has 0 bridgehead atoms. The van der Waals surface area contributed by atoms with E-state index in [0.717, 1.165) is 0 Å². The van der Waals surface area contributed by atoms with Crippen LogP contribution in [0, 0.1) is 0 Å². The molecule has 0 aromatic carbocycles. The lowest BCUT2D eigenvalue weighted by Crippen LogP contribution is -2.40. The highest BCUT2D eigenvalue weighted by Gasteiger charge is 2.42. The summed E-state index contributed by atoms with van der Waals surface area (Å²) in [6.07, 6.45) is 0. The summed E-state index contributed by atoms with van der Waals surface area (Å²) in [5.74, 6) is 0. The molecule has 0 amide bonds. The molecular weight excluding hydrogens is 226 g/mol. The first kappa shape index (κ1) is 9.13. The molecule has 0 aliphatic carbocycles. The molecule has 1 heterocycles. The van der Waals surface area contributed by atoms with Gasteiger partial charge in [0.2, 0.25) is 0 Å². The van der Waals surface area contributed by atoms with Gasteiger partial charge in [-0.3, -0.25) is 0 Å². The van der Waals surface area contributed by atoms with E-state index in [1.54, 1.807) is 0 Å². The van der Waals surface area contributed by atoms with Gasteiger partial charge in [0, 0.05) is 0 Å². The van der Waals surface area contributed by atoms with E-state index < -0.39 is 9.22 Å². The molecule has 0 atom stereocenters. The SMILES string of the molecule is ClC1(Cl)COC(Cl)(Cl)OO1. The van der Waals surface area contributed by atoms with Crippen molar-refractivity contribution in [1.29, 1.82) is 0 Å². The summed E-state index contributed by atoms with van der Waals surface area (Å²) in [6.45, 7) is -0.164. The highest BCUT2D eigenvalue weighted by Crippen LogP contribution is 2.37. The van der Waals surface area contributed by atoms with Gasteiger partial charge in [-0.1, -0.05) is 23.2 Å². The average molecular weight is 228 g/mol. The van der Waals surface area contributed by atoms with Crippen molar-refractivity contribution >= 4 is 46.4 Å². The van der Waals surface area contributed by atoms with E-state index in [4.69, 9.17) is 46.4 Å². The quantitative estimate of drug-likeness (QED) is 0.469. The van der Waals surface area contributed by atoms with Crippen molar-refractivity contribution in [1.82, 2.24) is 0 Å². The molecule has 10 heavy (non-hydrogen) atoms. The van der Waals surface area contributed by atoms with E-state index in [9.17, 15) is 0 Å². The second-order valence-electron chi connectivity index (χ2n) is 1.56. The third kappa shape index (κ3) is 2.58. The van der Waals surface area contributed by atoms with Crippen LogP contribution in [-0.2, 0) is 14.5 Å².